The van der Waals surface area contributed by atoms with Gasteiger partial charge < -0.3 is 4.90 Å². The van der Waals surface area contributed by atoms with Crippen LogP contribution in [-0.2, 0) is 0 Å². The summed E-state index contributed by atoms with van der Waals surface area (Å²) < 4.78 is 36.5. The van der Waals surface area contributed by atoms with E-state index in [-0.39, 0.29) is 12.7 Å². The molecule has 1 aliphatic heterocycles. The topological polar surface area (TPSA) is 27.6 Å². The molecular weight excluding hydrogens is 171 g/mol. The molecule has 0 aliphatic carbocycles. The van der Waals surface area contributed by atoms with Crippen LogP contribution in [0, 0.1) is 0 Å². The smallest absolute Gasteiger partial charge is 0.330 e. The standard InChI is InChI=1S/C6H10F3N3/c1-4(2)12-3-10-11-5(12)6(7,8)9/h4,10H,3H2,1-2H3. The van der Waals surface area contributed by atoms with E-state index in [9.17, 15) is 13.2 Å². The number of amidine groups is 1. The zero-order valence-corrected chi connectivity index (χ0v) is 6.81. The lowest BCUT2D eigenvalue weighted by Crippen LogP contribution is -2.42. The van der Waals surface area contributed by atoms with Gasteiger partial charge >= 0.3 is 6.18 Å². The Morgan fingerprint density at radius 1 is 1.50 bits per heavy atom. The van der Waals surface area contributed by atoms with Crippen LogP contribution in [0.4, 0.5) is 13.2 Å². The maximum atomic E-state index is 12.2. The SMILES string of the molecule is CC(C)N1CNN=C1C(F)(F)F. The highest BCUT2D eigenvalue weighted by molar-refractivity contribution is 5.88. The van der Waals surface area contributed by atoms with Crippen molar-refractivity contribution in [1.82, 2.24) is 10.3 Å². The average molecular weight is 181 g/mol. The molecule has 1 rings (SSSR count). The van der Waals surface area contributed by atoms with Crippen LogP contribution in [0.15, 0.2) is 5.10 Å². The molecule has 0 amide bonds. The first-order valence-electron chi connectivity index (χ1n) is 3.57. The summed E-state index contributed by atoms with van der Waals surface area (Å²) in [5.41, 5.74) is 2.30. The summed E-state index contributed by atoms with van der Waals surface area (Å²) in [6.07, 6.45) is -4.35. The zero-order valence-electron chi connectivity index (χ0n) is 6.81. The second-order valence-corrected chi connectivity index (χ2v) is 2.81. The first-order valence-corrected chi connectivity index (χ1v) is 3.57. The van der Waals surface area contributed by atoms with Crippen LogP contribution in [0.25, 0.3) is 0 Å². The molecule has 12 heavy (non-hydrogen) atoms. The normalized spacial score (nSPS) is 18.2. The molecule has 0 aromatic carbocycles. The van der Waals surface area contributed by atoms with Gasteiger partial charge in [0.25, 0.3) is 0 Å². The van der Waals surface area contributed by atoms with Crippen LogP contribution in [-0.4, -0.2) is 29.6 Å². The molecule has 1 aliphatic rings. The Hall–Kier alpha value is -0.940. The molecular formula is C6H10F3N3. The van der Waals surface area contributed by atoms with E-state index in [0.29, 0.717) is 0 Å². The minimum Gasteiger partial charge on any atom is -0.330 e. The summed E-state index contributed by atoms with van der Waals surface area (Å²) in [5, 5.41) is 3.18. The molecule has 70 valence electrons. The van der Waals surface area contributed by atoms with E-state index in [1.54, 1.807) is 13.8 Å². The van der Waals surface area contributed by atoms with Gasteiger partial charge in [-0.15, -0.1) is 0 Å². The van der Waals surface area contributed by atoms with E-state index < -0.39 is 12.0 Å². The van der Waals surface area contributed by atoms with Gasteiger partial charge in [-0.3, -0.25) is 5.43 Å². The minimum absolute atomic E-state index is 0.131. The predicted molar refractivity (Wildman–Crippen MR) is 38.5 cm³/mol. The van der Waals surface area contributed by atoms with Crippen LogP contribution < -0.4 is 5.43 Å². The fraction of sp³-hybridized carbons (Fsp3) is 0.833. The van der Waals surface area contributed by atoms with Gasteiger partial charge in [-0.05, 0) is 13.8 Å². The van der Waals surface area contributed by atoms with Gasteiger partial charge in [0.05, 0.1) is 0 Å². The van der Waals surface area contributed by atoms with Crippen LogP contribution in [0.5, 0.6) is 0 Å². The summed E-state index contributed by atoms with van der Waals surface area (Å²) in [6, 6.07) is -0.194. The molecule has 1 heterocycles. The molecule has 0 unspecified atom stereocenters. The van der Waals surface area contributed by atoms with Crippen molar-refractivity contribution >= 4 is 5.84 Å². The maximum absolute atomic E-state index is 12.2. The predicted octanol–water partition coefficient (Wildman–Crippen LogP) is 1.13. The summed E-state index contributed by atoms with van der Waals surface area (Å²) in [6.45, 7) is 3.51. The molecule has 0 atom stereocenters. The second kappa shape index (κ2) is 2.84. The Labute approximate surface area is 68.2 Å². The van der Waals surface area contributed by atoms with Gasteiger partial charge in [0.15, 0.2) is 0 Å². The van der Waals surface area contributed by atoms with Gasteiger partial charge in [-0.2, -0.15) is 18.3 Å². The molecule has 1 N–H and O–H groups in total. The number of nitrogens with zero attached hydrogens (tertiary/aromatic N) is 2. The third-order valence-electron chi connectivity index (χ3n) is 1.57. The number of hydrogen-bond donors (Lipinski definition) is 1. The molecule has 0 aromatic rings. The summed E-state index contributed by atoms with van der Waals surface area (Å²) in [7, 11) is 0. The van der Waals surface area contributed by atoms with E-state index in [1.807, 2.05) is 0 Å². The van der Waals surface area contributed by atoms with E-state index in [2.05, 4.69) is 10.5 Å². The minimum atomic E-state index is -4.35. The quantitative estimate of drug-likeness (QED) is 0.656. The molecule has 0 radical (unpaired) electrons. The number of halogens is 3. The van der Waals surface area contributed by atoms with Crippen molar-refractivity contribution in [2.45, 2.75) is 26.1 Å². The van der Waals surface area contributed by atoms with Gasteiger partial charge in [0, 0.05) is 6.04 Å². The van der Waals surface area contributed by atoms with Gasteiger partial charge in [-0.1, -0.05) is 0 Å². The number of alkyl halides is 3. The third kappa shape index (κ3) is 1.62. The van der Waals surface area contributed by atoms with Crippen LogP contribution in [0.2, 0.25) is 0 Å². The van der Waals surface area contributed by atoms with Crippen LogP contribution in [0.1, 0.15) is 13.8 Å². The van der Waals surface area contributed by atoms with Crippen molar-refractivity contribution in [2.24, 2.45) is 5.10 Å². The Balaban J connectivity index is 2.76. The first-order chi connectivity index (χ1) is 5.43. The molecule has 3 nitrogen and oxygen atoms in total. The lowest BCUT2D eigenvalue weighted by Gasteiger charge is -2.24. The number of hydrogen-bond acceptors (Lipinski definition) is 3. The van der Waals surface area contributed by atoms with Crippen molar-refractivity contribution in [2.75, 3.05) is 6.67 Å². The van der Waals surface area contributed by atoms with Gasteiger partial charge in [0.1, 0.15) is 6.67 Å². The van der Waals surface area contributed by atoms with E-state index in [4.69, 9.17) is 0 Å². The third-order valence-corrected chi connectivity index (χ3v) is 1.57. The van der Waals surface area contributed by atoms with Gasteiger partial charge in [0.2, 0.25) is 5.84 Å². The van der Waals surface area contributed by atoms with Crippen molar-refractivity contribution in [3.63, 3.8) is 0 Å². The largest absolute Gasteiger partial charge is 0.451 e. The van der Waals surface area contributed by atoms with Crippen molar-refractivity contribution < 1.29 is 13.2 Å². The van der Waals surface area contributed by atoms with Crippen LogP contribution >= 0.6 is 0 Å². The molecule has 0 spiro atoms. The van der Waals surface area contributed by atoms with Crippen molar-refractivity contribution in [3.8, 4) is 0 Å². The highest BCUT2D eigenvalue weighted by Crippen LogP contribution is 2.22. The monoisotopic (exact) mass is 181 g/mol. The van der Waals surface area contributed by atoms with Crippen LogP contribution in [0.3, 0.4) is 0 Å². The maximum Gasteiger partial charge on any atom is 0.451 e. The molecule has 6 heteroatoms. The van der Waals surface area contributed by atoms with Crippen molar-refractivity contribution in [3.05, 3.63) is 0 Å². The van der Waals surface area contributed by atoms with E-state index in [0.717, 1.165) is 0 Å². The van der Waals surface area contributed by atoms with E-state index in [1.165, 1.54) is 4.90 Å². The fourth-order valence-electron chi connectivity index (χ4n) is 0.979. The fourth-order valence-corrected chi connectivity index (χ4v) is 0.979. The van der Waals surface area contributed by atoms with E-state index >= 15 is 0 Å². The summed E-state index contributed by atoms with van der Waals surface area (Å²) in [5.74, 6) is -0.836. The number of rotatable bonds is 1. The highest BCUT2D eigenvalue weighted by atomic mass is 19.4. The molecule has 0 saturated carbocycles. The lowest BCUT2D eigenvalue weighted by molar-refractivity contribution is -0.0685. The Morgan fingerprint density at radius 3 is 2.42 bits per heavy atom. The zero-order chi connectivity index (χ0) is 9.35. The molecule has 0 fully saturated rings. The van der Waals surface area contributed by atoms with Gasteiger partial charge in [-0.25, -0.2) is 0 Å². The number of nitrogens with one attached hydrogen (secondary N) is 1. The number of hydrazone groups is 1. The molecule has 0 saturated heterocycles. The summed E-state index contributed by atoms with van der Waals surface area (Å²) >= 11 is 0. The summed E-state index contributed by atoms with van der Waals surface area (Å²) in [4.78, 5) is 1.17. The first kappa shape index (κ1) is 9.15. The Morgan fingerprint density at radius 2 is 2.08 bits per heavy atom. The van der Waals surface area contributed by atoms with Crippen molar-refractivity contribution in [1.29, 1.82) is 0 Å². The Bertz CT molecular complexity index is 197. The second-order valence-electron chi connectivity index (χ2n) is 2.81. The molecule has 0 bridgehead atoms. The molecule has 0 aromatic heterocycles. The average Bonchev–Trinajstić information content (AvgIpc) is 2.30. The highest BCUT2D eigenvalue weighted by Gasteiger charge is 2.42. The Kier molecular flexibility index (Phi) is 2.16. The lowest BCUT2D eigenvalue weighted by atomic mass is 10.3.